The van der Waals surface area contributed by atoms with Crippen molar-refractivity contribution in [3.05, 3.63) is 48.0 Å². The second-order valence-electron chi connectivity index (χ2n) is 6.33. The van der Waals surface area contributed by atoms with Crippen molar-refractivity contribution in [3.63, 3.8) is 0 Å². The maximum absolute atomic E-state index is 11.4. The van der Waals surface area contributed by atoms with E-state index in [-0.39, 0.29) is 4.90 Å². The van der Waals surface area contributed by atoms with Gasteiger partial charge in [0, 0.05) is 12.1 Å². The molecule has 0 aliphatic carbocycles. The average molecular weight is 377 g/mol. The number of ether oxygens (including phenoxy) is 2. The minimum atomic E-state index is -4.28. The van der Waals surface area contributed by atoms with Gasteiger partial charge < -0.3 is 9.47 Å². The first-order valence-electron chi connectivity index (χ1n) is 8.64. The molecule has 0 atom stereocenters. The minimum Gasteiger partial charge on any atom is -0.492 e. The molecule has 1 aliphatic rings. The second kappa shape index (κ2) is 8.07. The fraction of sp³-hybridized carbons (Fsp3) is 0.368. The van der Waals surface area contributed by atoms with Crippen molar-refractivity contribution in [2.75, 3.05) is 26.2 Å². The van der Waals surface area contributed by atoms with Crippen molar-refractivity contribution in [2.24, 2.45) is 0 Å². The van der Waals surface area contributed by atoms with Crippen LogP contribution in [0.5, 0.6) is 17.2 Å². The van der Waals surface area contributed by atoms with Gasteiger partial charge in [-0.05, 0) is 69.3 Å². The Morgan fingerprint density at radius 1 is 1.04 bits per heavy atom. The molecular weight excluding hydrogens is 354 g/mol. The molecule has 0 spiro atoms. The maximum Gasteiger partial charge on any atom is 0.294 e. The lowest BCUT2D eigenvalue weighted by molar-refractivity contribution is 0.237. The molecule has 7 heteroatoms. The van der Waals surface area contributed by atoms with E-state index in [2.05, 4.69) is 4.90 Å². The summed E-state index contributed by atoms with van der Waals surface area (Å²) in [5, 5.41) is 0. The highest BCUT2D eigenvalue weighted by molar-refractivity contribution is 7.85. The molecule has 6 nitrogen and oxygen atoms in total. The third-order valence-electron chi connectivity index (χ3n) is 4.44. The van der Waals surface area contributed by atoms with Gasteiger partial charge in [0.25, 0.3) is 10.1 Å². The Balaban J connectivity index is 1.61. The van der Waals surface area contributed by atoms with Crippen LogP contribution in [0.2, 0.25) is 0 Å². The highest BCUT2D eigenvalue weighted by atomic mass is 32.2. The monoisotopic (exact) mass is 377 g/mol. The maximum atomic E-state index is 11.4. The van der Waals surface area contributed by atoms with Crippen molar-refractivity contribution in [3.8, 4) is 17.2 Å². The molecule has 0 unspecified atom stereocenters. The predicted molar refractivity (Wildman–Crippen MR) is 98.7 cm³/mol. The zero-order valence-corrected chi connectivity index (χ0v) is 15.5. The van der Waals surface area contributed by atoms with Crippen LogP contribution in [0.4, 0.5) is 0 Å². The fourth-order valence-electron chi connectivity index (χ4n) is 3.01. The zero-order valence-electron chi connectivity index (χ0n) is 14.7. The van der Waals surface area contributed by atoms with E-state index in [4.69, 9.17) is 9.47 Å². The summed E-state index contributed by atoms with van der Waals surface area (Å²) in [6, 6.07) is 11.7. The molecule has 0 amide bonds. The molecule has 0 aromatic heterocycles. The summed E-state index contributed by atoms with van der Waals surface area (Å²) in [4.78, 5) is 2.24. The first-order valence-corrected chi connectivity index (χ1v) is 10.1. The summed E-state index contributed by atoms with van der Waals surface area (Å²) in [5.41, 5.74) is 0.362. The van der Waals surface area contributed by atoms with Crippen LogP contribution in [0.3, 0.4) is 0 Å². The summed E-state index contributed by atoms with van der Waals surface area (Å²) in [5.74, 6) is 1.70. The van der Waals surface area contributed by atoms with E-state index in [1.807, 2.05) is 12.1 Å². The molecule has 2 aromatic rings. The number of rotatable bonds is 7. The van der Waals surface area contributed by atoms with Gasteiger partial charge in [0.1, 0.15) is 28.8 Å². The van der Waals surface area contributed by atoms with Crippen molar-refractivity contribution in [1.29, 1.82) is 0 Å². The molecule has 1 heterocycles. The van der Waals surface area contributed by atoms with Gasteiger partial charge in [-0.15, -0.1) is 0 Å². The van der Waals surface area contributed by atoms with Crippen LogP contribution < -0.4 is 9.47 Å². The molecule has 0 saturated carbocycles. The number of hydrogen-bond donors (Lipinski definition) is 1. The van der Waals surface area contributed by atoms with E-state index < -0.39 is 10.1 Å². The molecule has 0 bridgehead atoms. The summed E-state index contributed by atoms with van der Waals surface area (Å²) in [7, 11) is -4.28. The Hall–Kier alpha value is -2.09. The van der Waals surface area contributed by atoms with E-state index in [1.54, 1.807) is 25.1 Å². The molecule has 26 heavy (non-hydrogen) atoms. The molecule has 2 aromatic carbocycles. The van der Waals surface area contributed by atoms with Crippen LogP contribution in [0, 0.1) is 6.92 Å². The van der Waals surface area contributed by atoms with Crippen LogP contribution >= 0.6 is 0 Å². The highest BCUT2D eigenvalue weighted by Crippen LogP contribution is 2.30. The van der Waals surface area contributed by atoms with Gasteiger partial charge in [-0.3, -0.25) is 9.45 Å². The van der Waals surface area contributed by atoms with E-state index >= 15 is 0 Å². The van der Waals surface area contributed by atoms with Gasteiger partial charge in [0.2, 0.25) is 0 Å². The van der Waals surface area contributed by atoms with Gasteiger partial charge in [0.05, 0.1) is 0 Å². The fourth-order valence-corrected chi connectivity index (χ4v) is 3.75. The molecule has 1 fully saturated rings. The lowest BCUT2D eigenvalue weighted by Gasteiger charge is -2.15. The van der Waals surface area contributed by atoms with E-state index in [0.29, 0.717) is 23.7 Å². The number of benzene rings is 2. The first kappa shape index (κ1) is 18.7. The zero-order chi connectivity index (χ0) is 18.6. The van der Waals surface area contributed by atoms with Crippen LogP contribution in [0.1, 0.15) is 18.4 Å². The summed E-state index contributed by atoms with van der Waals surface area (Å²) < 4.78 is 43.5. The van der Waals surface area contributed by atoms with Crippen molar-refractivity contribution >= 4 is 10.1 Å². The molecule has 3 rings (SSSR count). The predicted octanol–water partition coefficient (Wildman–Crippen LogP) is 3.51. The van der Waals surface area contributed by atoms with Crippen LogP contribution in [0.25, 0.3) is 0 Å². The minimum absolute atomic E-state index is 0.156. The Labute approximate surface area is 154 Å². The van der Waals surface area contributed by atoms with Crippen molar-refractivity contribution in [1.82, 2.24) is 4.90 Å². The van der Waals surface area contributed by atoms with Crippen molar-refractivity contribution < 1.29 is 22.4 Å². The first-order chi connectivity index (χ1) is 12.4. The highest BCUT2D eigenvalue weighted by Gasteiger charge is 2.16. The molecule has 1 aliphatic heterocycles. The van der Waals surface area contributed by atoms with Gasteiger partial charge in [-0.25, -0.2) is 0 Å². The quantitative estimate of drug-likeness (QED) is 0.744. The average Bonchev–Trinajstić information content (AvgIpc) is 3.11. The largest absolute Gasteiger partial charge is 0.492 e. The van der Waals surface area contributed by atoms with Gasteiger partial charge in [-0.2, -0.15) is 8.42 Å². The van der Waals surface area contributed by atoms with E-state index in [1.165, 1.54) is 25.0 Å². The SMILES string of the molecule is Cc1c(Oc2ccc(OCCN3CCCC3)cc2)cccc1S(=O)(=O)O. The Morgan fingerprint density at radius 2 is 1.69 bits per heavy atom. The second-order valence-corrected chi connectivity index (χ2v) is 7.71. The smallest absolute Gasteiger partial charge is 0.294 e. The summed E-state index contributed by atoms with van der Waals surface area (Å²) >= 11 is 0. The number of hydrogen-bond acceptors (Lipinski definition) is 5. The third kappa shape index (κ3) is 4.75. The number of likely N-dealkylation sites (tertiary alicyclic amines) is 1. The van der Waals surface area contributed by atoms with Crippen molar-refractivity contribution in [2.45, 2.75) is 24.7 Å². The lowest BCUT2D eigenvalue weighted by atomic mass is 10.2. The Bertz CT molecular complexity index is 843. The van der Waals surface area contributed by atoms with Crippen LogP contribution in [-0.2, 0) is 10.1 Å². The standard InChI is InChI=1S/C19H23NO5S/c1-15-18(5-4-6-19(15)26(21,22)23)25-17-9-7-16(8-10-17)24-14-13-20-11-2-3-12-20/h4-10H,2-3,11-14H2,1H3,(H,21,22,23). The Morgan fingerprint density at radius 3 is 2.35 bits per heavy atom. The Kier molecular flexibility index (Phi) is 5.80. The van der Waals surface area contributed by atoms with Crippen LogP contribution in [-0.4, -0.2) is 44.1 Å². The number of nitrogens with zero attached hydrogens (tertiary/aromatic N) is 1. The molecule has 140 valence electrons. The molecule has 1 N–H and O–H groups in total. The summed E-state index contributed by atoms with van der Waals surface area (Å²) in [6.07, 6.45) is 2.54. The van der Waals surface area contributed by atoms with Gasteiger partial charge >= 0.3 is 0 Å². The third-order valence-corrected chi connectivity index (χ3v) is 5.44. The normalized spacial score (nSPS) is 15.2. The van der Waals surface area contributed by atoms with E-state index in [9.17, 15) is 13.0 Å². The van der Waals surface area contributed by atoms with E-state index in [0.717, 1.165) is 25.4 Å². The molecule has 1 saturated heterocycles. The topological polar surface area (TPSA) is 76.1 Å². The van der Waals surface area contributed by atoms with Gasteiger partial charge in [0.15, 0.2) is 0 Å². The summed E-state index contributed by atoms with van der Waals surface area (Å²) in [6.45, 7) is 5.47. The van der Waals surface area contributed by atoms with Gasteiger partial charge in [-0.1, -0.05) is 6.07 Å². The molecular formula is C19H23NO5S. The van der Waals surface area contributed by atoms with Crippen LogP contribution in [0.15, 0.2) is 47.4 Å². The lowest BCUT2D eigenvalue weighted by Crippen LogP contribution is -2.25. The molecule has 0 radical (unpaired) electrons.